The van der Waals surface area contributed by atoms with Gasteiger partial charge in [0.1, 0.15) is 12.0 Å². The minimum absolute atomic E-state index is 0.124. The third kappa shape index (κ3) is 2.15. The van der Waals surface area contributed by atoms with Gasteiger partial charge in [-0.25, -0.2) is 9.97 Å². The number of aromatic nitrogens is 2. The van der Waals surface area contributed by atoms with Gasteiger partial charge in [0.15, 0.2) is 0 Å². The molecule has 1 aliphatic heterocycles. The lowest BCUT2D eigenvalue weighted by Crippen LogP contribution is -2.52. The van der Waals surface area contributed by atoms with E-state index >= 15 is 0 Å². The molecule has 0 aromatic carbocycles. The van der Waals surface area contributed by atoms with Crippen molar-refractivity contribution in [3.05, 3.63) is 23.2 Å². The second-order valence-electron chi connectivity index (χ2n) is 3.77. The predicted octanol–water partition coefficient (Wildman–Crippen LogP) is 0.564. The Kier molecular flexibility index (Phi) is 3.36. The molecule has 0 bridgehead atoms. The molecule has 86 valence electrons. The standard InChI is InChI=1S/C10H13ClN4O/c1-7-4-12-2-3-15(7)10(16)9-8(11)5-13-6-14-9/h5-7,12H,2-4H2,1H3/t7-/m1/s1. The van der Waals surface area contributed by atoms with Crippen LogP contribution in [0.4, 0.5) is 0 Å². The van der Waals surface area contributed by atoms with Crippen molar-refractivity contribution in [2.24, 2.45) is 0 Å². The van der Waals surface area contributed by atoms with Gasteiger partial charge in [-0.05, 0) is 6.92 Å². The van der Waals surface area contributed by atoms with Crippen molar-refractivity contribution in [2.45, 2.75) is 13.0 Å². The van der Waals surface area contributed by atoms with Crippen LogP contribution in [0.2, 0.25) is 5.02 Å². The van der Waals surface area contributed by atoms with E-state index in [9.17, 15) is 4.79 Å². The Morgan fingerprint density at radius 3 is 3.19 bits per heavy atom. The Morgan fingerprint density at radius 2 is 2.50 bits per heavy atom. The van der Waals surface area contributed by atoms with Gasteiger partial charge in [0.05, 0.1) is 5.02 Å². The molecule has 1 aromatic rings. The highest BCUT2D eigenvalue weighted by molar-refractivity contribution is 6.33. The lowest BCUT2D eigenvalue weighted by Gasteiger charge is -2.33. The van der Waals surface area contributed by atoms with Crippen LogP contribution in [0, 0.1) is 0 Å². The number of amides is 1. The van der Waals surface area contributed by atoms with Gasteiger partial charge in [-0.2, -0.15) is 0 Å². The maximum absolute atomic E-state index is 12.2. The Hall–Kier alpha value is -1.20. The zero-order chi connectivity index (χ0) is 11.5. The number of piperazine rings is 1. The van der Waals surface area contributed by atoms with E-state index in [0.717, 1.165) is 13.1 Å². The SMILES string of the molecule is C[C@@H]1CNCCN1C(=O)c1ncncc1Cl. The highest BCUT2D eigenvalue weighted by atomic mass is 35.5. The summed E-state index contributed by atoms with van der Waals surface area (Å²) in [4.78, 5) is 21.6. The molecule has 6 heteroatoms. The Morgan fingerprint density at radius 1 is 1.69 bits per heavy atom. The lowest BCUT2D eigenvalue weighted by atomic mass is 10.2. The van der Waals surface area contributed by atoms with Crippen molar-refractivity contribution in [3.63, 3.8) is 0 Å². The van der Waals surface area contributed by atoms with E-state index in [4.69, 9.17) is 11.6 Å². The van der Waals surface area contributed by atoms with Crippen molar-refractivity contribution in [1.29, 1.82) is 0 Å². The molecule has 2 rings (SSSR count). The molecule has 2 heterocycles. The van der Waals surface area contributed by atoms with Crippen LogP contribution < -0.4 is 5.32 Å². The molecule has 1 amide bonds. The molecule has 5 nitrogen and oxygen atoms in total. The van der Waals surface area contributed by atoms with Crippen LogP contribution in [-0.4, -0.2) is 46.5 Å². The summed E-state index contributed by atoms with van der Waals surface area (Å²) in [5.74, 6) is -0.124. The number of carbonyl (C=O) groups is 1. The normalized spacial score (nSPS) is 20.9. The molecule has 1 N–H and O–H groups in total. The fraction of sp³-hybridized carbons (Fsp3) is 0.500. The summed E-state index contributed by atoms with van der Waals surface area (Å²) in [6.45, 7) is 4.28. The van der Waals surface area contributed by atoms with E-state index in [1.165, 1.54) is 12.5 Å². The maximum Gasteiger partial charge on any atom is 0.274 e. The molecule has 0 radical (unpaired) electrons. The molecule has 1 fully saturated rings. The summed E-state index contributed by atoms with van der Waals surface area (Å²) in [7, 11) is 0. The van der Waals surface area contributed by atoms with E-state index in [-0.39, 0.29) is 17.6 Å². The van der Waals surface area contributed by atoms with Gasteiger partial charge in [-0.3, -0.25) is 4.79 Å². The van der Waals surface area contributed by atoms with Crippen molar-refractivity contribution >= 4 is 17.5 Å². The molecule has 1 atom stereocenters. The van der Waals surface area contributed by atoms with Crippen LogP contribution in [-0.2, 0) is 0 Å². The molecular weight excluding hydrogens is 228 g/mol. The van der Waals surface area contributed by atoms with Crippen LogP contribution in [0.15, 0.2) is 12.5 Å². The molecule has 0 saturated carbocycles. The summed E-state index contributed by atoms with van der Waals surface area (Å²) in [5.41, 5.74) is 0.283. The van der Waals surface area contributed by atoms with E-state index < -0.39 is 0 Å². The van der Waals surface area contributed by atoms with Gasteiger partial charge in [0.25, 0.3) is 5.91 Å². The van der Waals surface area contributed by atoms with Crippen LogP contribution in [0.3, 0.4) is 0 Å². The smallest absolute Gasteiger partial charge is 0.274 e. The summed E-state index contributed by atoms with van der Waals surface area (Å²) in [6, 6.07) is 0.160. The Bertz CT molecular complexity index is 398. The first-order valence-electron chi connectivity index (χ1n) is 5.17. The number of hydrogen-bond donors (Lipinski definition) is 1. The Balaban J connectivity index is 2.21. The molecular formula is C10H13ClN4O. The fourth-order valence-electron chi connectivity index (χ4n) is 1.75. The zero-order valence-corrected chi connectivity index (χ0v) is 9.74. The van der Waals surface area contributed by atoms with Crippen LogP contribution in [0.5, 0.6) is 0 Å². The van der Waals surface area contributed by atoms with Crippen molar-refractivity contribution in [3.8, 4) is 0 Å². The van der Waals surface area contributed by atoms with E-state index in [2.05, 4.69) is 15.3 Å². The first-order chi connectivity index (χ1) is 7.70. The number of nitrogens with one attached hydrogen (secondary N) is 1. The molecule has 16 heavy (non-hydrogen) atoms. The van der Waals surface area contributed by atoms with Crippen LogP contribution in [0.25, 0.3) is 0 Å². The van der Waals surface area contributed by atoms with Gasteiger partial charge in [-0.1, -0.05) is 11.6 Å². The lowest BCUT2D eigenvalue weighted by molar-refractivity contribution is 0.0649. The fourth-order valence-corrected chi connectivity index (χ4v) is 1.93. The van der Waals surface area contributed by atoms with Crippen molar-refractivity contribution in [2.75, 3.05) is 19.6 Å². The van der Waals surface area contributed by atoms with Gasteiger partial charge < -0.3 is 10.2 Å². The number of carbonyl (C=O) groups excluding carboxylic acids is 1. The van der Waals surface area contributed by atoms with E-state index in [0.29, 0.717) is 11.6 Å². The number of hydrogen-bond acceptors (Lipinski definition) is 4. The van der Waals surface area contributed by atoms with Crippen molar-refractivity contribution in [1.82, 2.24) is 20.2 Å². The first-order valence-corrected chi connectivity index (χ1v) is 5.55. The average Bonchev–Trinajstić information content (AvgIpc) is 2.29. The highest BCUT2D eigenvalue weighted by Crippen LogP contribution is 2.15. The quantitative estimate of drug-likeness (QED) is 0.780. The van der Waals surface area contributed by atoms with Crippen LogP contribution >= 0.6 is 11.6 Å². The maximum atomic E-state index is 12.2. The van der Waals surface area contributed by atoms with Crippen LogP contribution in [0.1, 0.15) is 17.4 Å². The summed E-state index contributed by atoms with van der Waals surface area (Å²) < 4.78 is 0. The summed E-state index contributed by atoms with van der Waals surface area (Å²) in [6.07, 6.45) is 2.78. The molecule has 1 saturated heterocycles. The highest BCUT2D eigenvalue weighted by Gasteiger charge is 2.26. The second kappa shape index (κ2) is 4.76. The van der Waals surface area contributed by atoms with Gasteiger partial charge in [-0.15, -0.1) is 0 Å². The first kappa shape index (κ1) is 11.3. The average molecular weight is 241 g/mol. The van der Waals surface area contributed by atoms with Gasteiger partial charge in [0.2, 0.25) is 0 Å². The van der Waals surface area contributed by atoms with E-state index in [1.54, 1.807) is 4.90 Å². The topological polar surface area (TPSA) is 58.1 Å². The third-order valence-electron chi connectivity index (χ3n) is 2.63. The molecule has 1 aromatic heterocycles. The number of nitrogens with zero attached hydrogens (tertiary/aromatic N) is 3. The zero-order valence-electron chi connectivity index (χ0n) is 8.98. The molecule has 1 aliphatic rings. The summed E-state index contributed by atoms with van der Waals surface area (Å²) >= 11 is 5.90. The minimum atomic E-state index is -0.124. The van der Waals surface area contributed by atoms with E-state index in [1.807, 2.05) is 6.92 Å². The Labute approximate surface area is 98.8 Å². The minimum Gasteiger partial charge on any atom is -0.332 e. The third-order valence-corrected chi connectivity index (χ3v) is 2.91. The predicted molar refractivity (Wildman–Crippen MR) is 60.4 cm³/mol. The van der Waals surface area contributed by atoms with Gasteiger partial charge in [0, 0.05) is 31.9 Å². The number of halogens is 1. The monoisotopic (exact) mass is 240 g/mol. The largest absolute Gasteiger partial charge is 0.332 e. The molecule has 0 unspecified atom stereocenters. The summed E-state index contributed by atoms with van der Waals surface area (Å²) in [5, 5.41) is 3.53. The van der Waals surface area contributed by atoms with Crippen molar-refractivity contribution < 1.29 is 4.79 Å². The number of rotatable bonds is 1. The molecule has 0 spiro atoms. The second-order valence-corrected chi connectivity index (χ2v) is 4.18. The molecule has 0 aliphatic carbocycles. The van der Waals surface area contributed by atoms with Gasteiger partial charge >= 0.3 is 0 Å².